The van der Waals surface area contributed by atoms with E-state index in [9.17, 15) is 4.79 Å². The van der Waals surface area contributed by atoms with E-state index in [0.29, 0.717) is 6.42 Å². The molecule has 0 fully saturated rings. The van der Waals surface area contributed by atoms with Crippen LogP contribution in [0.25, 0.3) is 0 Å². The quantitative estimate of drug-likeness (QED) is 0.642. The second-order valence-electron chi connectivity index (χ2n) is 2.22. The monoisotopic (exact) mass is 166 g/mol. The standard InChI is InChI=1S/C9H10O2.CH4/c1-11-9-4-2-8(3-5-9)6-7-10;/h2-5,7H,6H2,1H3;1H4. The largest absolute Gasteiger partial charge is 0.497 e. The van der Waals surface area contributed by atoms with Crippen LogP contribution >= 0.6 is 0 Å². The Morgan fingerprint density at radius 1 is 1.33 bits per heavy atom. The third-order valence-corrected chi connectivity index (χ3v) is 1.48. The third kappa shape index (κ3) is 2.74. The molecule has 66 valence electrons. The van der Waals surface area contributed by atoms with Gasteiger partial charge in [-0.2, -0.15) is 0 Å². The third-order valence-electron chi connectivity index (χ3n) is 1.48. The Morgan fingerprint density at radius 3 is 2.33 bits per heavy atom. The fraction of sp³-hybridized carbons (Fsp3) is 0.300. The van der Waals surface area contributed by atoms with Crippen molar-refractivity contribution in [3.8, 4) is 5.75 Å². The Bertz CT molecular complexity index is 226. The van der Waals surface area contributed by atoms with Gasteiger partial charge in [0.25, 0.3) is 0 Å². The first kappa shape index (κ1) is 10.7. The van der Waals surface area contributed by atoms with Gasteiger partial charge in [-0.1, -0.05) is 19.6 Å². The van der Waals surface area contributed by atoms with E-state index < -0.39 is 0 Å². The second kappa shape index (κ2) is 5.35. The fourth-order valence-corrected chi connectivity index (χ4v) is 0.858. The molecule has 0 amide bonds. The van der Waals surface area contributed by atoms with Gasteiger partial charge in [0, 0.05) is 6.42 Å². The Morgan fingerprint density at radius 2 is 1.92 bits per heavy atom. The van der Waals surface area contributed by atoms with E-state index in [1.807, 2.05) is 24.3 Å². The number of aldehydes is 1. The molecule has 1 aromatic carbocycles. The van der Waals surface area contributed by atoms with Gasteiger partial charge in [-0.3, -0.25) is 0 Å². The molecule has 2 nitrogen and oxygen atoms in total. The van der Waals surface area contributed by atoms with Gasteiger partial charge in [-0.15, -0.1) is 0 Å². The van der Waals surface area contributed by atoms with Gasteiger partial charge in [-0.05, 0) is 17.7 Å². The van der Waals surface area contributed by atoms with Crippen molar-refractivity contribution in [2.75, 3.05) is 7.11 Å². The van der Waals surface area contributed by atoms with Crippen molar-refractivity contribution < 1.29 is 9.53 Å². The molecular formula is C10H14O2. The molecule has 0 heterocycles. The molecule has 0 aliphatic heterocycles. The van der Waals surface area contributed by atoms with E-state index in [1.165, 1.54) is 0 Å². The molecule has 0 aliphatic rings. The lowest BCUT2D eigenvalue weighted by atomic mass is 10.2. The molecule has 0 unspecified atom stereocenters. The average Bonchev–Trinajstić information content (AvgIpc) is 2.07. The van der Waals surface area contributed by atoms with E-state index in [0.717, 1.165) is 17.6 Å². The zero-order valence-electron chi connectivity index (χ0n) is 6.41. The van der Waals surface area contributed by atoms with Crippen LogP contribution in [0.5, 0.6) is 5.75 Å². The van der Waals surface area contributed by atoms with Gasteiger partial charge in [0.05, 0.1) is 7.11 Å². The zero-order chi connectivity index (χ0) is 8.10. The van der Waals surface area contributed by atoms with Gasteiger partial charge in [0.15, 0.2) is 0 Å². The van der Waals surface area contributed by atoms with Crippen molar-refractivity contribution in [1.29, 1.82) is 0 Å². The predicted molar refractivity (Wildman–Crippen MR) is 49.5 cm³/mol. The van der Waals surface area contributed by atoms with Crippen LogP contribution < -0.4 is 4.74 Å². The maximum absolute atomic E-state index is 10.1. The van der Waals surface area contributed by atoms with E-state index in [2.05, 4.69) is 0 Å². The first-order valence-corrected chi connectivity index (χ1v) is 3.43. The topological polar surface area (TPSA) is 26.3 Å². The summed E-state index contributed by atoms with van der Waals surface area (Å²) < 4.78 is 4.96. The Kier molecular flexibility index (Phi) is 4.77. The summed E-state index contributed by atoms with van der Waals surface area (Å²) in [6, 6.07) is 7.46. The number of hydrogen-bond donors (Lipinski definition) is 0. The number of hydrogen-bond acceptors (Lipinski definition) is 2. The molecular weight excluding hydrogens is 152 g/mol. The van der Waals surface area contributed by atoms with Crippen molar-refractivity contribution in [2.24, 2.45) is 0 Å². The maximum atomic E-state index is 10.1. The van der Waals surface area contributed by atoms with Crippen LogP contribution in [0, 0.1) is 0 Å². The SMILES string of the molecule is C.COc1ccc(CC=O)cc1. The Hall–Kier alpha value is -1.31. The van der Waals surface area contributed by atoms with Crippen molar-refractivity contribution in [3.63, 3.8) is 0 Å². The number of carbonyl (C=O) groups is 1. The molecule has 1 aromatic rings. The molecule has 2 heteroatoms. The minimum atomic E-state index is 0. The van der Waals surface area contributed by atoms with Gasteiger partial charge in [0.2, 0.25) is 0 Å². The maximum Gasteiger partial charge on any atom is 0.124 e. The lowest BCUT2D eigenvalue weighted by Crippen LogP contribution is -1.86. The smallest absolute Gasteiger partial charge is 0.124 e. The lowest BCUT2D eigenvalue weighted by molar-refractivity contribution is -0.107. The number of methoxy groups -OCH3 is 1. The van der Waals surface area contributed by atoms with Gasteiger partial charge < -0.3 is 9.53 Å². The van der Waals surface area contributed by atoms with Crippen LogP contribution in [0.2, 0.25) is 0 Å². The molecule has 0 aliphatic carbocycles. The number of carbonyl (C=O) groups excluding carboxylic acids is 1. The zero-order valence-corrected chi connectivity index (χ0v) is 6.41. The number of benzene rings is 1. The number of rotatable bonds is 3. The van der Waals surface area contributed by atoms with Gasteiger partial charge >= 0.3 is 0 Å². The number of ether oxygens (including phenoxy) is 1. The Labute approximate surface area is 73.2 Å². The van der Waals surface area contributed by atoms with Crippen LogP contribution in [0.1, 0.15) is 13.0 Å². The first-order valence-electron chi connectivity index (χ1n) is 3.43. The minimum absolute atomic E-state index is 0. The van der Waals surface area contributed by atoms with Crippen molar-refractivity contribution in [2.45, 2.75) is 13.8 Å². The first-order chi connectivity index (χ1) is 5.36. The van der Waals surface area contributed by atoms with Gasteiger partial charge in [0.1, 0.15) is 12.0 Å². The summed E-state index contributed by atoms with van der Waals surface area (Å²) >= 11 is 0. The van der Waals surface area contributed by atoms with Crippen LogP contribution in [-0.4, -0.2) is 13.4 Å². The Balaban J connectivity index is 0.00000121. The molecule has 0 N–H and O–H groups in total. The van der Waals surface area contributed by atoms with E-state index in [1.54, 1.807) is 7.11 Å². The fourth-order valence-electron chi connectivity index (χ4n) is 0.858. The molecule has 0 radical (unpaired) electrons. The highest BCUT2D eigenvalue weighted by molar-refractivity contribution is 5.55. The summed E-state index contributed by atoms with van der Waals surface area (Å²) in [4.78, 5) is 10.1. The van der Waals surface area contributed by atoms with E-state index in [4.69, 9.17) is 4.74 Å². The summed E-state index contributed by atoms with van der Waals surface area (Å²) in [5.74, 6) is 0.819. The van der Waals surface area contributed by atoms with Gasteiger partial charge in [-0.25, -0.2) is 0 Å². The summed E-state index contributed by atoms with van der Waals surface area (Å²) in [7, 11) is 1.62. The highest BCUT2D eigenvalue weighted by Crippen LogP contribution is 2.10. The van der Waals surface area contributed by atoms with Crippen LogP contribution in [0.4, 0.5) is 0 Å². The van der Waals surface area contributed by atoms with Crippen LogP contribution in [-0.2, 0) is 11.2 Å². The van der Waals surface area contributed by atoms with Crippen molar-refractivity contribution >= 4 is 6.29 Å². The lowest BCUT2D eigenvalue weighted by Gasteiger charge is -1.98. The van der Waals surface area contributed by atoms with E-state index >= 15 is 0 Å². The summed E-state index contributed by atoms with van der Waals surface area (Å²) in [5, 5.41) is 0. The molecule has 0 aromatic heterocycles. The normalized spacial score (nSPS) is 8.42. The molecule has 0 saturated carbocycles. The molecule has 0 saturated heterocycles. The highest BCUT2D eigenvalue weighted by Gasteiger charge is 1.91. The summed E-state index contributed by atoms with van der Waals surface area (Å²) in [6.07, 6.45) is 1.37. The summed E-state index contributed by atoms with van der Waals surface area (Å²) in [5.41, 5.74) is 1.01. The van der Waals surface area contributed by atoms with Crippen molar-refractivity contribution in [1.82, 2.24) is 0 Å². The second-order valence-corrected chi connectivity index (χ2v) is 2.22. The highest BCUT2D eigenvalue weighted by atomic mass is 16.5. The van der Waals surface area contributed by atoms with Crippen molar-refractivity contribution in [3.05, 3.63) is 29.8 Å². The minimum Gasteiger partial charge on any atom is -0.497 e. The molecule has 0 bridgehead atoms. The van der Waals surface area contributed by atoms with Crippen LogP contribution in [0.15, 0.2) is 24.3 Å². The molecule has 12 heavy (non-hydrogen) atoms. The average molecular weight is 166 g/mol. The molecule has 1 rings (SSSR count). The molecule has 0 spiro atoms. The predicted octanol–water partition coefficient (Wildman–Crippen LogP) is 2.07. The summed E-state index contributed by atoms with van der Waals surface area (Å²) in [6.45, 7) is 0. The molecule has 0 atom stereocenters. The van der Waals surface area contributed by atoms with E-state index in [-0.39, 0.29) is 7.43 Å². The van der Waals surface area contributed by atoms with Crippen LogP contribution in [0.3, 0.4) is 0 Å².